The highest BCUT2D eigenvalue weighted by atomic mass is 35.5. The minimum atomic E-state index is -4.59. The molecule has 1 aromatic heterocycles. The second kappa shape index (κ2) is 7.96. The Labute approximate surface area is 174 Å². The van der Waals surface area contributed by atoms with Crippen LogP contribution in [0.4, 0.5) is 13.2 Å². The number of carbonyl (C=O) groups excluding carboxylic acids is 2. The molecule has 30 heavy (non-hydrogen) atoms. The molecule has 0 unspecified atom stereocenters. The van der Waals surface area contributed by atoms with Gasteiger partial charge in [-0.1, -0.05) is 11.6 Å². The molecule has 2 heterocycles. The number of Topliss-reactive ketones (excluding diaryl/α,β-unsaturated/α-hetero) is 2. The molecule has 1 aromatic carbocycles. The number of benzene rings is 1. The number of carbonyl (C=O) groups is 2. The Morgan fingerprint density at radius 3 is 2.63 bits per heavy atom. The molecule has 158 valence electrons. The zero-order valence-corrected chi connectivity index (χ0v) is 16.5. The van der Waals surface area contributed by atoms with Gasteiger partial charge in [0.15, 0.2) is 5.69 Å². The second-order valence-corrected chi connectivity index (χ2v) is 7.60. The third kappa shape index (κ3) is 4.04. The summed E-state index contributed by atoms with van der Waals surface area (Å²) in [6, 6.07) is 2.67. The first-order valence-corrected chi connectivity index (χ1v) is 9.83. The van der Waals surface area contributed by atoms with Crippen molar-refractivity contribution in [2.24, 2.45) is 4.99 Å². The van der Waals surface area contributed by atoms with Crippen LogP contribution in [-0.4, -0.2) is 53.3 Å². The summed E-state index contributed by atoms with van der Waals surface area (Å²) < 4.78 is 44.4. The van der Waals surface area contributed by atoms with Gasteiger partial charge in [-0.3, -0.25) is 14.6 Å². The second-order valence-electron chi connectivity index (χ2n) is 7.20. The average Bonchev–Trinajstić information content (AvgIpc) is 3.35. The molecule has 1 aliphatic heterocycles. The number of oxazole rings is 1. The van der Waals surface area contributed by atoms with Crippen molar-refractivity contribution in [3.05, 3.63) is 40.2 Å². The van der Waals surface area contributed by atoms with Crippen LogP contribution in [0.3, 0.4) is 0 Å². The SMILES string of the molecule is O=C1C(=NCCN2CCCC2)CC(=O)c2oc(-c3cc(C(F)(F)F)ccc3Cl)nc21. The predicted octanol–water partition coefficient (Wildman–Crippen LogP) is 4.32. The van der Waals surface area contributed by atoms with E-state index in [0.29, 0.717) is 13.1 Å². The van der Waals surface area contributed by atoms with Crippen LogP contribution in [0.15, 0.2) is 27.6 Å². The lowest BCUT2D eigenvalue weighted by molar-refractivity contribution is -0.137. The maximum atomic E-state index is 13.0. The number of alkyl halides is 3. The van der Waals surface area contributed by atoms with E-state index in [9.17, 15) is 22.8 Å². The zero-order valence-electron chi connectivity index (χ0n) is 15.8. The minimum absolute atomic E-state index is 0.0407. The number of likely N-dealkylation sites (tertiary alicyclic amines) is 1. The van der Waals surface area contributed by atoms with Gasteiger partial charge < -0.3 is 9.32 Å². The summed E-state index contributed by atoms with van der Waals surface area (Å²) in [7, 11) is 0. The smallest absolute Gasteiger partial charge is 0.416 e. The number of halogens is 4. The lowest BCUT2D eigenvalue weighted by atomic mass is 9.97. The highest BCUT2D eigenvalue weighted by Crippen LogP contribution is 2.37. The van der Waals surface area contributed by atoms with E-state index in [2.05, 4.69) is 14.9 Å². The van der Waals surface area contributed by atoms with Crippen molar-refractivity contribution in [2.45, 2.75) is 25.4 Å². The van der Waals surface area contributed by atoms with Crippen LogP contribution in [0, 0.1) is 0 Å². The first kappa shape index (κ1) is 20.7. The Kier molecular flexibility index (Phi) is 5.50. The molecule has 0 N–H and O–H groups in total. The van der Waals surface area contributed by atoms with Gasteiger partial charge in [-0.2, -0.15) is 13.2 Å². The van der Waals surface area contributed by atoms with Crippen LogP contribution >= 0.6 is 11.6 Å². The van der Waals surface area contributed by atoms with E-state index < -0.39 is 23.3 Å². The summed E-state index contributed by atoms with van der Waals surface area (Å²) in [5.41, 5.74) is -1.25. The van der Waals surface area contributed by atoms with Gasteiger partial charge >= 0.3 is 6.18 Å². The molecule has 1 saturated heterocycles. The molecular formula is C20H17ClF3N3O3. The fourth-order valence-corrected chi connectivity index (χ4v) is 3.75. The van der Waals surface area contributed by atoms with E-state index in [4.69, 9.17) is 16.0 Å². The van der Waals surface area contributed by atoms with Crippen LogP contribution in [-0.2, 0) is 6.18 Å². The Morgan fingerprint density at radius 2 is 1.93 bits per heavy atom. The maximum Gasteiger partial charge on any atom is 0.416 e. The summed E-state index contributed by atoms with van der Waals surface area (Å²) in [6.45, 7) is 3.06. The average molecular weight is 440 g/mol. The van der Waals surface area contributed by atoms with E-state index in [1.807, 2.05) is 0 Å². The molecule has 0 saturated carbocycles. The fourth-order valence-electron chi connectivity index (χ4n) is 3.55. The Bertz CT molecular complexity index is 1040. The van der Waals surface area contributed by atoms with Crippen LogP contribution < -0.4 is 0 Å². The summed E-state index contributed by atoms with van der Waals surface area (Å²) in [4.78, 5) is 35.6. The van der Waals surface area contributed by atoms with E-state index in [1.54, 1.807) is 0 Å². The predicted molar refractivity (Wildman–Crippen MR) is 103 cm³/mol. The molecule has 1 fully saturated rings. The summed E-state index contributed by atoms with van der Waals surface area (Å²) in [5, 5.41) is -0.0407. The van der Waals surface area contributed by atoms with Crippen molar-refractivity contribution in [1.29, 1.82) is 0 Å². The van der Waals surface area contributed by atoms with Crippen LogP contribution in [0.1, 0.15) is 45.9 Å². The van der Waals surface area contributed by atoms with Crippen LogP contribution in [0.2, 0.25) is 5.02 Å². The molecule has 6 nitrogen and oxygen atoms in total. The zero-order chi connectivity index (χ0) is 21.5. The van der Waals surface area contributed by atoms with Gasteiger partial charge in [-0.05, 0) is 44.1 Å². The van der Waals surface area contributed by atoms with E-state index >= 15 is 0 Å². The first-order valence-electron chi connectivity index (χ1n) is 9.45. The van der Waals surface area contributed by atoms with Gasteiger partial charge in [0.2, 0.25) is 23.2 Å². The number of aliphatic imine (C=N–C) groups is 1. The molecule has 1 aliphatic carbocycles. The van der Waals surface area contributed by atoms with E-state index in [1.165, 1.54) is 0 Å². The van der Waals surface area contributed by atoms with Gasteiger partial charge in [-0.25, -0.2) is 4.98 Å². The molecule has 2 aromatic rings. The minimum Gasteiger partial charge on any atom is -0.432 e. The molecule has 0 bridgehead atoms. The molecular weight excluding hydrogens is 423 g/mol. The van der Waals surface area contributed by atoms with Crippen molar-refractivity contribution >= 4 is 28.9 Å². The fraction of sp³-hybridized carbons (Fsp3) is 0.400. The summed E-state index contributed by atoms with van der Waals surface area (Å²) >= 11 is 6.01. The summed E-state index contributed by atoms with van der Waals surface area (Å²) in [6.07, 6.45) is -2.54. The molecule has 4 rings (SSSR count). The van der Waals surface area contributed by atoms with Crippen LogP contribution in [0.5, 0.6) is 0 Å². The van der Waals surface area contributed by atoms with E-state index in [-0.39, 0.29) is 40.1 Å². The van der Waals surface area contributed by atoms with Gasteiger partial charge in [0.05, 0.1) is 34.8 Å². The molecule has 10 heteroatoms. The molecule has 0 radical (unpaired) electrons. The molecule has 0 amide bonds. The Hall–Kier alpha value is -2.52. The lowest BCUT2D eigenvalue weighted by Gasteiger charge is -2.13. The number of hydrogen-bond donors (Lipinski definition) is 0. The van der Waals surface area contributed by atoms with Gasteiger partial charge in [0.25, 0.3) is 0 Å². The topological polar surface area (TPSA) is 75.8 Å². The van der Waals surface area contributed by atoms with Crippen molar-refractivity contribution in [1.82, 2.24) is 9.88 Å². The van der Waals surface area contributed by atoms with Gasteiger partial charge in [0.1, 0.15) is 0 Å². The number of ketones is 2. The third-order valence-electron chi connectivity index (χ3n) is 5.13. The Balaban J connectivity index is 1.61. The molecule has 2 aliphatic rings. The molecule has 0 spiro atoms. The third-order valence-corrected chi connectivity index (χ3v) is 5.46. The number of nitrogens with zero attached hydrogens (tertiary/aromatic N) is 3. The number of hydrogen-bond acceptors (Lipinski definition) is 6. The van der Waals surface area contributed by atoms with Crippen LogP contribution in [0.25, 0.3) is 11.5 Å². The van der Waals surface area contributed by atoms with E-state index in [0.717, 1.165) is 44.1 Å². The van der Waals surface area contributed by atoms with Gasteiger partial charge in [0, 0.05) is 6.54 Å². The lowest BCUT2D eigenvalue weighted by Crippen LogP contribution is -2.28. The standard InChI is InChI=1S/C20H17ClF3N3O3/c21-13-4-3-11(20(22,23)24)9-12(13)19-26-16-17(29)14(10-15(28)18(16)30-19)25-5-8-27-6-1-2-7-27/h3-4,9H,1-2,5-8,10H2. The summed E-state index contributed by atoms with van der Waals surface area (Å²) in [5.74, 6) is -1.63. The van der Waals surface area contributed by atoms with Gasteiger partial charge in [-0.15, -0.1) is 0 Å². The number of rotatable bonds is 4. The largest absolute Gasteiger partial charge is 0.432 e. The number of fused-ring (bicyclic) bond motifs is 1. The molecule has 0 atom stereocenters. The highest BCUT2D eigenvalue weighted by Gasteiger charge is 2.36. The van der Waals surface area contributed by atoms with Crippen molar-refractivity contribution in [3.63, 3.8) is 0 Å². The van der Waals surface area contributed by atoms with Crippen molar-refractivity contribution < 1.29 is 27.2 Å². The first-order chi connectivity index (χ1) is 14.2. The van der Waals surface area contributed by atoms with Crippen molar-refractivity contribution in [3.8, 4) is 11.5 Å². The Morgan fingerprint density at radius 1 is 1.20 bits per heavy atom. The normalized spacial score (nSPS) is 19.0. The quantitative estimate of drug-likeness (QED) is 0.709. The maximum absolute atomic E-state index is 13.0. The highest BCUT2D eigenvalue weighted by molar-refractivity contribution is 6.52. The number of aromatic nitrogens is 1. The monoisotopic (exact) mass is 439 g/mol. The van der Waals surface area contributed by atoms with Crippen molar-refractivity contribution in [2.75, 3.05) is 26.2 Å².